The molecule has 1 saturated heterocycles. The Hall–Kier alpha value is -2.70. The van der Waals surface area contributed by atoms with Gasteiger partial charge in [0, 0.05) is 50.7 Å². The maximum atomic E-state index is 4.69. The van der Waals surface area contributed by atoms with Gasteiger partial charge in [0.05, 0.1) is 0 Å². The van der Waals surface area contributed by atoms with E-state index in [-0.39, 0.29) is 0 Å². The van der Waals surface area contributed by atoms with Crippen LogP contribution in [0.5, 0.6) is 0 Å². The van der Waals surface area contributed by atoms with Crippen LogP contribution in [0.2, 0.25) is 0 Å². The highest BCUT2D eigenvalue weighted by Gasteiger charge is 2.25. The maximum Gasteiger partial charge on any atom is 0.178 e. The summed E-state index contributed by atoms with van der Waals surface area (Å²) >= 11 is 0. The monoisotopic (exact) mass is 337 g/mol. The molecule has 3 aromatic heterocycles. The van der Waals surface area contributed by atoms with E-state index in [1.54, 1.807) is 0 Å². The Bertz CT molecular complexity index is 878. The van der Waals surface area contributed by atoms with Gasteiger partial charge in [-0.2, -0.15) is 4.52 Å². The lowest BCUT2D eigenvalue weighted by Gasteiger charge is -2.32. The van der Waals surface area contributed by atoms with Crippen LogP contribution in [0.1, 0.15) is 30.3 Å². The minimum absolute atomic E-state index is 0.388. The van der Waals surface area contributed by atoms with Gasteiger partial charge in [-0.25, -0.2) is 0 Å². The highest BCUT2D eigenvalue weighted by atomic mass is 15.4. The largest absolute Gasteiger partial charge is 0.371 e. The van der Waals surface area contributed by atoms with E-state index in [2.05, 4.69) is 32.2 Å². The van der Waals surface area contributed by atoms with Crippen LogP contribution < -0.4 is 9.80 Å². The number of piperidine rings is 1. The van der Waals surface area contributed by atoms with E-state index in [0.717, 1.165) is 48.9 Å². The van der Waals surface area contributed by atoms with Gasteiger partial charge in [-0.05, 0) is 44.0 Å². The van der Waals surface area contributed by atoms with Gasteiger partial charge in [0.15, 0.2) is 11.5 Å². The molecule has 0 aliphatic carbocycles. The Labute approximate surface area is 147 Å². The molecule has 0 radical (unpaired) electrons. The predicted molar refractivity (Wildman–Crippen MR) is 98.3 cm³/mol. The normalized spacial score (nSPS) is 15.7. The molecule has 130 valence electrons. The summed E-state index contributed by atoms with van der Waals surface area (Å²) in [7, 11) is 3.99. The molecule has 0 spiro atoms. The number of aryl methyl sites for hydroxylation is 1. The molecule has 3 aromatic rings. The Morgan fingerprint density at radius 1 is 1.08 bits per heavy atom. The van der Waals surface area contributed by atoms with Crippen molar-refractivity contribution >= 4 is 17.2 Å². The molecule has 0 aromatic carbocycles. The third-order valence-electron chi connectivity index (χ3n) is 4.84. The number of anilines is 2. The van der Waals surface area contributed by atoms with E-state index in [1.807, 2.05) is 48.8 Å². The number of aromatic nitrogens is 5. The van der Waals surface area contributed by atoms with Crippen molar-refractivity contribution in [2.45, 2.75) is 25.7 Å². The molecule has 0 atom stereocenters. The van der Waals surface area contributed by atoms with Gasteiger partial charge in [0.2, 0.25) is 0 Å². The zero-order chi connectivity index (χ0) is 17.4. The minimum Gasteiger partial charge on any atom is -0.371 e. The fourth-order valence-corrected chi connectivity index (χ4v) is 3.41. The van der Waals surface area contributed by atoms with E-state index in [0.29, 0.717) is 5.92 Å². The maximum absolute atomic E-state index is 4.69. The summed E-state index contributed by atoms with van der Waals surface area (Å²) in [5.74, 6) is 2.28. The third-order valence-corrected chi connectivity index (χ3v) is 4.84. The summed E-state index contributed by atoms with van der Waals surface area (Å²) in [5.41, 5.74) is 3.13. The number of pyridine rings is 1. The first-order valence-electron chi connectivity index (χ1n) is 8.69. The van der Waals surface area contributed by atoms with Crippen molar-refractivity contribution in [3.05, 3.63) is 42.0 Å². The minimum atomic E-state index is 0.388. The molecule has 0 bridgehead atoms. The molecular weight excluding hydrogens is 314 g/mol. The van der Waals surface area contributed by atoms with Crippen LogP contribution in [0.15, 0.2) is 30.5 Å². The fourth-order valence-electron chi connectivity index (χ4n) is 3.41. The van der Waals surface area contributed by atoms with Gasteiger partial charge in [0.25, 0.3) is 0 Å². The molecule has 1 fully saturated rings. The van der Waals surface area contributed by atoms with Crippen LogP contribution in [0.4, 0.5) is 11.5 Å². The molecule has 1 aliphatic heterocycles. The quantitative estimate of drug-likeness (QED) is 0.731. The van der Waals surface area contributed by atoms with Crippen LogP contribution >= 0.6 is 0 Å². The van der Waals surface area contributed by atoms with E-state index in [1.165, 1.54) is 5.69 Å². The molecular formula is C18H23N7. The molecule has 0 N–H and O–H groups in total. The van der Waals surface area contributed by atoms with Crippen molar-refractivity contribution < 1.29 is 0 Å². The lowest BCUT2D eigenvalue weighted by molar-refractivity contribution is 0.477. The second-order valence-electron chi connectivity index (χ2n) is 6.83. The summed E-state index contributed by atoms with van der Waals surface area (Å²) in [6.45, 7) is 4.05. The number of hydrogen-bond donors (Lipinski definition) is 0. The van der Waals surface area contributed by atoms with Crippen LogP contribution in [-0.4, -0.2) is 52.0 Å². The Balaban J connectivity index is 1.54. The first kappa shape index (κ1) is 15.8. The smallest absolute Gasteiger partial charge is 0.178 e. The van der Waals surface area contributed by atoms with Gasteiger partial charge in [-0.15, -0.1) is 15.3 Å². The highest BCUT2D eigenvalue weighted by molar-refractivity contribution is 5.47. The molecule has 4 rings (SSSR count). The number of fused-ring (bicyclic) bond motifs is 1. The molecule has 0 unspecified atom stereocenters. The number of nitrogens with zero attached hydrogens (tertiary/aromatic N) is 7. The summed E-state index contributed by atoms with van der Waals surface area (Å²) in [5, 5.41) is 13.4. The van der Waals surface area contributed by atoms with Crippen LogP contribution in [0.3, 0.4) is 0 Å². The topological polar surface area (TPSA) is 62.5 Å². The van der Waals surface area contributed by atoms with Gasteiger partial charge < -0.3 is 9.80 Å². The average Bonchev–Trinajstić information content (AvgIpc) is 3.05. The summed E-state index contributed by atoms with van der Waals surface area (Å²) in [6, 6.07) is 8.19. The van der Waals surface area contributed by atoms with Crippen molar-refractivity contribution in [2.75, 3.05) is 37.0 Å². The van der Waals surface area contributed by atoms with E-state index in [4.69, 9.17) is 5.10 Å². The van der Waals surface area contributed by atoms with E-state index in [9.17, 15) is 0 Å². The van der Waals surface area contributed by atoms with Crippen LogP contribution in [0, 0.1) is 6.92 Å². The molecule has 4 heterocycles. The first-order valence-corrected chi connectivity index (χ1v) is 8.69. The molecule has 1 aliphatic rings. The van der Waals surface area contributed by atoms with E-state index < -0.39 is 0 Å². The predicted octanol–water partition coefficient (Wildman–Crippen LogP) is 2.28. The SMILES string of the molecule is Cc1cc(N2CCC(c3nnc4ccc(N(C)C)nn34)CC2)ccn1. The second-order valence-corrected chi connectivity index (χ2v) is 6.83. The van der Waals surface area contributed by atoms with E-state index >= 15 is 0 Å². The summed E-state index contributed by atoms with van der Waals surface area (Å²) < 4.78 is 1.91. The molecule has 25 heavy (non-hydrogen) atoms. The first-order chi connectivity index (χ1) is 12.1. The standard InChI is InChI=1S/C18H23N7/c1-13-12-15(6-9-19-13)24-10-7-14(8-11-24)18-21-20-16-4-5-17(23(2)3)22-25(16)18/h4-6,9,12,14H,7-8,10-11H2,1-3H3. The second kappa shape index (κ2) is 6.31. The third kappa shape index (κ3) is 3.01. The summed E-state index contributed by atoms with van der Waals surface area (Å²) in [4.78, 5) is 8.71. The van der Waals surface area contributed by atoms with Crippen molar-refractivity contribution in [3.63, 3.8) is 0 Å². The van der Waals surface area contributed by atoms with Crippen molar-refractivity contribution in [3.8, 4) is 0 Å². The molecule has 0 saturated carbocycles. The number of rotatable bonds is 3. The van der Waals surface area contributed by atoms with Crippen molar-refractivity contribution in [1.29, 1.82) is 0 Å². The van der Waals surface area contributed by atoms with Crippen molar-refractivity contribution in [1.82, 2.24) is 24.8 Å². The Morgan fingerprint density at radius 3 is 2.60 bits per heavy atom. The van der Waals surface area contributed by atoms with Crippen molar-refractivity contribution in [2.24, 2.45) is 0 Å². The lowest BCUT2D eigenvalue weighted by Crippen LogP contribution is -2.33. The number of hydrogen-bond acceptors (Lipinski definition) is 6. The van der Waals surface area contributed by atoms with Gasteiger partial charge in [-0.3, -0.25) is 4.98 Å². The zero-order valence-electron chi connectivity index (χ0n) is 14.9. The zero-order valence-corrected chi connectivity index (χ0v) is 14.9. The lowest BCUT2D eigenvalue weighted by atomic mass is 9.95. The van der Waals surface area contributed by atoms with Crippen LogP contribution in [-0.2, 0) is 0 Å². The van der Waals surface area contributed by atoms with Gasteiger partial charge in [-0.1, -0.05) is 0 Å². The molecule has 7 heteroatoms. The molecule has 0 amide bonds. The summed E-state index contributed by atoms with van der Waals surface area (Å²) in [6.07, 6.45) is 3.99. The highest BCUT2D eigenvalue weighted by Crippen LogP contribution is 2.29. The molecule has 7 nitrogen and oxygen atoms in total. The Kier molecular flexibility index (Phi) is 3.99. The average molecular weight is 337 g/mol. The van der Waals surface area contributed by atoms with Gasteiger partial charge in [0.1, 0.15) is 5.82 Å². The van der Waals surface area contributed by atoms with Crippen LogP contribution in [0.25, 0.3) is 5.65 Å². The Morgan fingerprint density at radius 2 is 1.88 bits per heavy atom. The van der Waals surface area contributed by atoms with Gasteiger partial charge >= 0.3 is 0 Å². The fraction of sp³-hybridized carbons (Fsp3) is 0.444.